The van der Waals surface area contributed by atoms with Gasteiger partial charge in [-0.3, -0.25) is 0 Å². The van der Waals surface area contributed by atoms with E-state index in [9.17, 15) is 13.6 Å². The van der Waals surface area contributed by atoms with Crippen LogP contribution in [-0.2, 0) is 4.74 Å². The second kappa shape index (κ2) is 3.99. The Bertz CT molecular complexity index is 355. The predicted octanol–water partition coefficient (Wildman–Crippen LogP) is 1.39. The fourth-order valence-corrected chi connectivity index (χ4v) is 0.888. The molecule has 0 spiro atoms. The van der Waals surface area contributed by atoms with E-state index in [1.54, 1.807) is 0 Å². The molecule has 0 unspecified atom stereocenters. The Balaban J connectivity index is 3.06. The summed E-state index contributed by atoms with van der Waals surface area (Å²) in [5.41, 5.74) is 4.74. The van der Waals surface area contributed by atoms with E-state index in [-0.39, 0.29) is 11.5 Å². The van der Waals surface area contributed by atoms with Crippen LogP contribution in [0.3, 0.4) is 0 Å². The number of methoxy groups -OCH3 is 1. The van der Waals surface area contributed by atoms with E-state index in [1.807, 2.05) is 0 Å². The molecule has 4 nitrogen and oxygen atoms in total. The summed E-state index contributed by atoms with van der Waals surface area (Å²) in [4.78, 5) is 14.4. The Morgan fingerprint density at radius 2 is 2.21 bits per heavy atom. The molecule has 0 radical (unpaired) electrons. The van der Waals surface area contributed by atoms with Crippen LogP contribution in [-0.4, -0.2) is 18.1 Å². The van der Waals surface area contributed by atoms with Gasteiger partial charge in [-0.2, -0.15) is 0 Å². The second-order valence-corrected chi connectivity index (χ2v) is 2.46. The Morgan fingerprint density at radius 1 is 1.57 bits per heavy atom. The van der Waals surface area contributed by atoms with Crippen molar-refractivity contribution in [2.24, 2.45) is 0 Å². The summed E-state index contributed by atoms with van der Waals surface area (Å²) in [6, 6.07) is 2.20. The van der Waals surface area contributed by atoms with Gasteiger partial charge in [0.15, 0.2) is 5.69 Å². The topological polar surface area (TPSA) is 65.2 Å². The molecule has 0 amide bonds. The van der Waals surface area contributed by atoms with Gasteiger partial charge in [-0.25, -0.2) is 18.6 Å². The summed E-state index contributed by atoms with van der Waals surface area (Å²) >= 11 is 0. The standard InChI is InChI=1S/C8H8F2N2O2/c1-14-8(13)5-3-2-4(6(9)10)7(11)12-5/h2-3,6H,1H3,(H2,11,12). The van der Waals surface area contributed by atoms with Crippen LogP contribution in [0.25, 0.3) is 0 Å². The van der Waals surface area contributed by atoms with Gasteiger partial charge >= 0.3 is 5.97 Å². The molecule has 0 bridgehead atoms. The predicted molar refractivity (Wildman–Crippen MR) is 44.9 cm³/mol. The third-order valence-corrected chi connectivity index (χ3v) is 1.59. The Labute approximate surface area is 78.7 Å². The smallest absolute Gasteiger partial charge is 0.356 e. The van der Waals surface area contributed by atoms with Gasteiger partial charge < -0.3 is 10.5 Å². The van der Waals surface area contributed by atoms with Crippen LogP contribution >= 0.6 is 0 Å². The third-order valence-electron chi connectivity index (χ3n) is 1.59. The number of carbonyl (C=O) groups excluding carboxylic acids is 1. The van der Waals surface area contributed by atoms with Crippen LogP contribution in [0.1, 0.15) is 22.5 Å². The lowest BCUT2D eigenvalue weighted by Gasteiger charge is -2.04. The molecule has 6 heteroatoms. The van der Waals surface area contributed by atoms with Crippen LogP contribution in [0.4, 0.5) is 14.6 Å². The van der Waals surface area contributed by atoms with Crippen molar-refractivity contribution >= 4 is 11.8 Å². The van der Waals surface area contributed by atoms with Crippen LogP contribution in [0.5, 0.6) is 0 Å². The van der Waals surface area contributed by atoms with E-state index in [2.05, 4.69) is 9.72 Å². The summed E-state index contributed by atoms with van der Waals surface area (Å²) < 4.78 is 28.8. The largest absolute Gasteiger partial charge is 0.464 e. The van der Waals surface area contributed by atoms with Crippen molar-refractivity contribution in [2.45, 2.75) is 6.43 Å². The number of hydrogen-bond donors (Lipinski definition) is 1. The van der Waals surface area contributed by atoms with Crippen LogP contribution < -0.4 is 5.73 Å². The van der Waals surface area contributed by atoms with Gasteiger partial charge in [0.2, 0.25) is 0 Å². The van der Waals surface area contributed by atoms with E-state index in [0.29, 0.717) is 0 Å². The van der Waals surface area contributed by atoms with Gasteiger partial charge in [-0.05, 0) is 12.1 Å². The van der Waals surface area contributed by atoms with Crippen molar-refractivity contribution in [1.82, 2.24) is 4.98 Å². The van der Waals surface area contributed by atoms with E-state index in [1.165, 1.54) is 7.11 Å². The first kappa shape index (κ1) is 10.4. The maximum absolute atomic E-state index is 12.2. The minimum absolute atomic E-state index is 0.0885. The number of esters is 1. The summed E-state index contributed by atoms with van der Waals surface area (Å²) in [6.45, 7) is 0. The van der Waals surface area contributed by atoms with Gasteiger partial charge in [-0.1, -0.05) is 0 Å². The third kappa shape index (κ3) is 1.95. The number of pyridine rings is 1. The molecule has 1 aromatic heterocycles. The van der Waals surface area contributed by atoms with Gasteiger partial charge in [0, 0.05) is 0 Å². The molecule has 1 aromatic rings. The van der Waals surface area contributed by atoms with E-state index >= 15 is 0 Å². The normalized spacial score (nSPS) is 10.3. The fourth-order valence-electron chi connectivity index (χ4n) is 0.888. The number of aromatic nitrogens is 1. The van der Waals surface area contributed by atoms with E-state index < -0.39 is 18.0 Å². The molecule has 0 atom stereocenters. The van der Waals surface area contributed by atoms with E-state index in [0.717, 1.165) is 12.1 Å². The molecule has 1 rings (SSSR count). The lowest BCUT2D eigenvalue weighted by molar-refractivity contribution is 0.0593. The van der Waals surface area contributed by atoms with Crippen LogP contribution in [0.15, 0.2) is 12.1 Å². The maximum atomic E-state index is 12.2. The van der Waals surface area contributed by atoms with Gasteiger partial charge in [-0.15, -0.1) is 0 Å². The first-order valence-corrected chi connectivity index (χ1v) is 3.69. The summed E-state index contributed by atoms with van der Waals surface area (Å²) in [7, 11) is 1.17. The van der Waals surface area contributed by atoms with Gasteiger partial charge in [0.25, 0.3) is 6.43 Å². The number of hydrogen-bond acceptors (Lipinski definition) is 4. The number of carbonyl (C=O) groups is 1. The number of nitrogen functional groups attached to an aromatic ring is 1. The molecule has 0 aliphatic rings. The van der Waals surface area contributed by atoms with Crippen molar-refractivity contribution in [1.29, 1.82) is 0 Å². The molecular formula is C8H8F2N2O2. The molecular weight excluding hydrogens is 194 g/mol. The SMILES string of the molecule is COC(=O)c1ccc(C(F)F)c(N)n1. The highest BCUT2D eigenvalue weighted by Gasteiger charge is 2.15. The quantitative estimate of drug-likeness (QED) is 0.736. The van der Waals surface area contributed by atoms with Crippen LogP contribution in [0, 0.1) is 0 Å². The Morgan fingerprint density at radius 3 is 2.64 bits per heavy atom. The second-order valence-electron chi connectivity index (χ2n) is 2.46. The molecule has 0 aliphatic heterocycles. The highest BCUT2D eigenvalue weighted by Crippen LogP contribution is 2.23. The van der Waals surface area contributed by atoms with Crippen molar-refractivity contribution in [3.05, 3.63) is 23.4 Å². The molecule has 1 heterocycles. The molecule has 76 valence electrons. The van der Waals surface area contributed by atoms with Gasteiger partial charge in [0.1, 0.15) is 5.82 Å². The number of ether oxygens (including phenoxy) is 1. The van der Waals surface area contributed by atoms with Crippen molar-refractivity contribution in [3.8, 4) is 0 Å². The zero-order chi connectivity index (χ0) is 10.7. The molecule has 14 heavy (non-hydrogen) atoms. The number of rotatable bonds is 2. The summed E-state index contributed by atoms with van der Waals surface area (Å²) in [5, 5.41) is 0. The monoisotopic (exact) mass is 202 g/mol. The van der Waals surface area contributed by atoms with Gasteiger partial charge in [0.05, 0.1) is 12.7 Å². The van der Waals surface area contributed by atoms with Crippen LogP contribution in [0.2, 0.25) is 0 Å². The molecule has 0 fully saturated rings. The van der Waals surface area contributed by atoms with Crippen molar-refractivity contribution < 1.29 is 18.3 Å². The number of alkyl halides is 2. The van der Waals surface area contributed by atoms with Crippen molar-refractivity contribution in [2.75, 3.05) is 12.8 Å². The Hall–Kier alpha value is -1.72. The number of anilines is 1. The number of nitrogens with zero attached hydrogens (tertiary/aromatic N) is 1. The minimum atomic E-state index is -2.70. The summed E-state index contributed by atoms with van der Waals surface area (Å²) in [6.07, 6.45) is -2.70. The number of nitrogens with two attached hydrogens (primary N) is 1. The zero-order valence-corrected chi connectivity index (χ0v) is 7.33. The molecule has 0 saturated heterocycles. The first-order valence-electron chi connectivity index (χ1n) is 3.69. The highest BCUT2D eigenvalue weighted by molar-refractivity contribution is 5.87. The Kier molecular flexibility index (Phi) is 2.95. The molecule has 0 saturated carbocycles. The molecule has 2 N–H and O–H groups in total. The average molecular weight is 202 g/mol. The maximum Gasteiger partial charge on any atom is 0.356 e. The first-order chi connectivity index (χ1) is 6.56. The fraction of sp³-hybridized carbons (Fsp3) is 0.250. The zero-order valence-electron chi connectivity index (χ0n) is 7.33. The molecule has 0 aromatic carbocycles. The number of halogens is 2. The molecule has 0 aliphatic carbocycles. The lowest BCUT2D eigenvalue weighted by atomic mass is 10.2. The summed E-state index contributed by atoms with van der Waals surface area (Å²) in [5.74, 6) is -1.07. The highest BCUT2D eigenvalue weighted by atomic mass is 19.3. The van der Waals surface area contributed by atoms with Crippen molar-refractivity contribution in [3.63, 3.8) is 0 Å². The average Bonchev–Trinajstić information content (AvgIpc) is 2.15. The van der Waals surface area contributed by atoms with E-state index in [4.69, 9.17) is 5.73 Å². The minimum Gasteiger partial charge on any atom is -0.464 e. The lowest BCUT2D eigenvalue weighted by Crippen LogP contribution is -2.08.